The molecule has 0 saturated carbocycles. The number of aromatic nitrogens is 2. The molecule has 0 spiro atoms. The monoisotopic (exact) mass is 440 g/mol. The highest BCUT2D eigenvalue weighted by Gasteiger charge is 2.20. The van der Waals surface area contributed by atoms with E-state index in [1.807, 2.05) is 48.8 Å². The fraction of sp³-hybridized carbons (Fsp3) is 0.269. The largest absolute Gasteiger partial charge is 0.490 e. The van der Waals surface area contributed by atoms with Crippen LogP contribution in [0.3, 0.4) is 0 Å². The second kappa shape index (κ2) is 9.03. The SMILES string of the molecule is N=CCN1CCC(Oc2ccc3c(c2)ncn3Cc2ccc(C(=N)N)c3ccccc23)CC1. The molecule has 7 nitrogen and oxygen atoms in total. The average molecular weight is 441 g/mol. The van der Waals surface area contributed by atoms with Gasteiger partial charge in [-0.25, -0.2) is 4.98 Å². The third-order valence-corrected chi connectivity index (χ3v) is 6.42. The molecule has 0 bridgehead atoms. The number of nitrogens with zero attached hydrogens (tertiary/aromatic N) is 3. The van der Waals surface area contributed by atoms with E-state index >= 15 is 0 Å². The van der Waals surface area contributed by atoms with Crippen molar-refractivity contribution in [2.75, 3.05) is 19.6 Å². The number of nitrogens with one attached hydrogen (secondary N) is 2. The first kappa shape index (κ1) is 21.2. The number of nitrogens with two attached hydrogens (primary N) is 1. The van der Waals surface area contributed by atoms with Gasteiger partial charge in [-0.2, -0.15) is 0 Å². The van der Waals surface area contributed by atoms with E-state index in [-0.39, 0.29) is 11.9 Å². The first-order valence-corrected chi connectivity index (χ1v) is 11.3. The van der Waals surface area contributed by atoms with Gasteiger partial charge >= 0.3 is 0 Å². The van der Waals surface area contributed by atoms with Crippen molar-refractivity contribution in [3.63, 3.8) is 0 Å². The number of ether oxygens (including phenoxy) is 1. The Kier molecular flexibility index (Phi) is 5.79. The first-order chi connectivity index (χ1) is 16.1. The smallest absolute Gasteiger partial charge is 0.123 e. The van der Waals surface area contributed by atoms with Gasteiger partial charge in [-0.05, 0) is 41.3 Å². The number of nitrogen functional groups attached to an aromatic ring is 1. The molecule has 1 aliphatic heterocycles. The highest BCUT2D eigenvalue weighted by molar-refractivity contribution is 6.08. The summed E-state index contributed by atoms with van der Waals surface area (Å²) in [5, 5.41) is 17.2. The molecule has 0 unspecified atom stereocenters. The van der Waals surface area contributed by atoms with Crippen molar-refractivity contribution < 1.29 is 4.74 Å². The summed E-state index contributed by atoms with van der Waals surface area (Å²) in [6, 6.07) is 18.2. The number of piperidine rings is 1. The normalized spacial score (nSPS) is 15.2. The third-order valence-electron chi connectivity index (χ3n) is 6.42. The molecule has 0 amide bonds. The van der Waals surface area contributed by atoms with Gasteiger partial charge < -0.3 is 20.4 Å². The number of rotatable bonds is 7. The van der Waals surface area contributed by atoms with Crippen molar-refractivity contribution in [2.24, 2.45) is 5.73 Å². The molecule has 4 aromatic rings. The van der Waals surface area contributed by atoms with Gasteiger partial charge in [0.15, 0.2) is 0 Å². The van der Waals surface area contributed by atoms with Crippen LogP contribution in [0.25, 0.3) is 21.8 Å². The molecule has 0 radical (unpaired) electrons. The van der Waals surface area contributed by atoms with Crippen LogP contribution < -0.4 is 10.5 Å². The zero-order valence-electron chi connectivity index (χ0n) is 18.5. The maximum Gasteiger partial charge on any atom is 0.123 e. The average Bonchev–Trinajstić information content (AvgIpc) is 3.22. The Bertz CT molecular complexity index is 1320. The first-order valence-electron chi connectivity index (χ1n) is 11.3. The Hall–Kier alpha value is -3.71. The summed E-state index contributed by atoms with van der Waals surface area (Å²) in [7, 11) is 0. The Morgan fingerprint density at radius 3 is 2.64 bits per heavy atom. The van der Waals surface area contributed by atoms with Gasteiger partial charge in [0.05, 0.1) is 17.4 Å². The molecule has 2 heterocycles. The second-order valence-electron chi connectivity index (χ2n) is 8.58. The minimum absolute atomic E-state index is 0.0822. The lowest BCUT2D eigenvalue weighted by Gasteiger charge is -2.31. The van der Waals surface area contributed by atoms with E-state index in [2.05, 4.69) is 26.6 Å². The van der Waals surface area contributed by atoms with Crippen LogP contribution in [0.1, 0.15) is 24.0 Å². The predicted molar refractivity (Wildman–Crippen MR) is 133 cm³/mol. The number of benzene rings is 3. The van der Waals surface area contributed by atoms with Gasteiger partial charge in [0.1, 0.15) is 17.7 Å². The van der Waals surface area contributed by atoms with E-state index in [1.165, 1.54) is 6.21 Å². The maximum atomic E-state index is 7.87. The topological polar surface area (TPSA) is 104 Å². The molecule has 1 aliphatic rings. The minimum Gasteiger partial charge on any atom is -0.490 e. The number of likely N-dealkylation sites (tertiary alicyclic amines) is 1. The van der Waals surface area contributed by atoms with Gasteiger partial charge in [0.25, 0.3) is 0 Å². The molecule has 33 heavy (non-hydrogen) atoms. The number of hydrogen-bond acceptors (Lipinski definition) is 5. The molecule has 168 valence electrons. The number of fused-ring (bicyclic) bond motifs is 2. The summed E-state index contributed by atoms with van der Waals surface area (Å²) in [5.41, 5.74) is 9.68. The number of amidine groups is 1. The quantitative estimate of drug-likeness (QED) is 0.298. The fourth-order valence-electron chi connectivity index (χ4n) is 4.69. The van der Waals surface area contributed by atoms with Crippen molar-refractivity contribution in [1.29, 1.82) is 10.8 Å². The van der Waals surface area contributed by atoms with Gasteiger partial charge in [-0.15, -0.1) is 0 Å². The molecule has 1 aromatic heterocycles. The molecular weight excluding hydrogens is 412 g/mol. The van der Waals surface area contributed by atoms with Crippen molar-refractivity contribution in [2.45, 2.75) is 25.5 Å². The number of hydrogen-bond donors (Lipinski definition) is 3. The molecule has 3 aromatic carbocycles. The molecule has 5 rings (SSSR count). The van der Waals surface area contributed by atoms with Gasteiger partial charge in [-0.3, -0.25) is 10.3 Å². The third kappa shape index (κ3) is 4.32. The van der Waals surface area contributed by atoms with Crippen molar-refractivity contribution >= 4 is 33.9 Å². The molecular formula is C26H28N6O. The van der Waals surface area contributed by atoms with E-state index < -0.39 is 0 Å². The van der Waals surface area contributed by atoms with E-state index in [0.717, 1.165) is 71.2 Å². The fourth-order valence-corrected chi connectivity index (χ4v) is 4.69. The highest BCUT2D eigenvalue weighted by atomic mass is 16.5. The van der Waals surface area contributed by atoms with Crippen LogP contribution in [0, 0.1) is 10.8 Å². The summed E-state index contributed by atoms with van der Waals surface area (Å²) in [4.78, 5) is 6.91. The molecule has 0 aliphatic carbocycles. The molecule has 7 heteroatoms. The molecule has 1 saturated heterocycles. The van der Waals surface area contributed by atoms with Crippen molar-refractivity contribution in [3.8, 4) is 5.75 Å². The zero-order valence-corrected chi connectivity index (χ0v) is 18.5. The Morgan fingerprint density at radius 2 is 1.88 bits per heavy atom. The lowest BCUT2D eigenvalue weighted by molar-refractivity contribution is 0.109. The van der Waals surface area contributed by atoms with Crippen molar-refractivity contribution in [3.05, 3.63) is 72.1 Å². The zero-order chi connectivity index (χ0) is 22.8. The summed E-state index contributed by atoms with van der Waals surface area (Å²) in [6.45, 7) is 3.34. The van der Waals surface area contributed by atoms with Crippen LogP contribution in [0.2, 0.25) is 0 Å². The summed E-state index contributed by atoms with van der Waals surface area (Å²) < 4.78 is 8.39. The molecule has 1 fully saturated rings. The Labute approximate surface area is 192 Å². The van der Waals surface area contributed by atoms with Gasteiger partial charge in [0, 0.05) is 44.0 Å². The van der Waals surface area contributed by atoms with Crippen molar-refractivity contribution in [1.82, 2.24) is 14.5 Å². The van der Waals surface area contributed by atoms with Crippen LogP contribution in [0.15, 0.2) is 60.9 Å². The Balaban J connectivity index is 1.35. The second-order valence-corrected chi connectivity index (χ2v) is 8.58. The summed E-state index contributed by atoms with van der Waals surface area (Å²) in [6.07, 6.45) is 5.50. The van der Waals surface area contributed by atoms with E-state index in [0.29, 0.717) is 6.54 Å². The van der Waals surface area contributed by atoms with Crippen LogP contribution in [-0.4, -0.2) is 52.2 Å². The van der Waals surface area contributed by atoms with Crippen LogP contribution >= 0.6 is 0 Å². The minimum atomic E-state index is 0.0822. The molecule has 0 atom stereocenters. The summed E-state index contributed by atoms with van der Waals surface area (Å²) >= 11 is 0. The highest BCUT2D eigenvalue weighted by Crippen LogP contribution is 2.27. The predicted octanol–water partition coefficient (Wildman–Crippen LogP) is 4.01. The van der Waals surface area contributed by atoms with E-state index in [9.17, 15) is 0 Å². The maximum absolute atomic E-state index is 7.87. The Morgan fingerprint density at radius 1 is 1.09 bits per heavy atom. The van der Waals surface area contributed by atoms with Crippen LogP contribution in [0.5, 0.6) is 5.75 Å². The van der Waals surface area contributed by atoms with E-state index in [1.54, 1.807) is 0 Å². The van der Waals surface area contributed by atoms with Crippen LogP contribution in [0.4, 0.5) is 0 Å². The van der Waals surface area contributed by atoms with Gasteiger partial charge in [-0.1, -0.05) is 36.4 Å². The summed E-state index contributed by atoms with van der Waals surface area (Å²) in [5.74, 6) is 0.938. The standard InChI is InChI=1S/C26H28N6O/c27-11-14-31-12-9-19(10-13-31)33-20-6-8-25-24(15-20)30-17-32(25)16-18-5-7-23(26(28)29)22-4-2-1-3-21(18)22/h1-8,11,15,17,19,27H,9-10,12-14,16H2,(H3,28,29). The van der Waals surface area contributed by atoms with Gasteiger partial charge in [0.2, 0.25) is 0 Å². The lowest BCUT2D eigenvalue weighted by atomic mass is 9.99. The molecule has 4 N–H and O–H groups in total. The van der Waals surface area contributed by atoms with Crippen LogP contribution in [-0.2, 0) is 6.54 Å². The van der Waals surface area contributed by atoms with E-state index in [4.69, 9.17) is 21.3 Å². The lowest BCUT2D eigenvalue weighted by Crippen LogP contribution is -2.39. The number of imidazole rings is 1.